The molecular weight excluding hydrogens is 440 g/mol. The van der Waals surface area contributed by atoms with E-state index in [1.54, 1.807) is 23.5 Å². The second-order valence-electron chi connectivity index (χ2n) is 8.72. The lowest BCUT2D eigenvalue weighted by molar-refractivity contribution is -0.146. The van der Waals surface area contributed by atoms with E-state index in [1.165, 1.54) is 12.0 Å². The van der Waals surface area contributed by atoms with E-state index in [2.05, 4.69) is 16.3 Å². The molecule has 2 aliphatic rings. The third-order valence-corrected chi connectivity index (χ3v) is 6.68. The summed E-state index contributed by atoms with van der Waals surface area (Å²) < 4.78 is 4.90. The van der Waals surface area contributed by atoms with Crippen molar-refractivity contribution in [3.8, 4) is 6.07 Å². The van der Waals surface area contributed by atoms with Gasteiger partial charge < -0.3 is 24.8 Å². The summed E-state index contributed by atoms with van der Waals surface area (Å²) in [5, 5.41) is 21.5. The molecule has 34 heavy (non-hydrogen) atoms. The summed E-state index contributed by atoms with van der Waals surface area (Å²) in [6.07, 6.45) is 0.242. The highest BCUT2D eigenvalue weighted by Crippen LogP contribution is 2.25. The zero-order chi connectivity index (χ0) is 24.8. The van der Waals surface area contributed by atoms with E-state index in [9.17, 15) is 19.6 Å². The van der Waals surface area contributed by atoms with E-state index in [0.717, 1.165) is 11.3 Å². The van der Waals surface area contributed by atoms with Gasteiger partial charge in [-0.15, -0.1) is 0 Å². The Labute approximate surface area is 199 Å². The number of likely N-dealkylation sites (N-methyl/N-ethyl adjacent to an activating group) is 1. The molecule has 2 saturated heterocycles. The molecule has 2 aliphatic heterocycles. The molecule has 1 unspecified atom stereocenters. The number of carbonyl (C=O) groups excluding carboxylic acids is 3. The Morgan fingerprint density at radius 3 is 2.59 bits per heavy atom. The van der Waals surface area contributed by atoms with Crippen molar-refractivity contribution in [3.05, 3.63) is 29.3 Å². The molecule has 1 aromatic rings. The van der Waals surface area contributed by atoms with Crippen molar-refractivity contribution in [1.82, 2.24) is 20.6 Å². The highest BCUT2D eigenvalue weighted by Gasteiger charge is 2.43. The van der Waals surface area contributed by atoms with Gasteiger partial charge in [0.1, 0.15) is 6.61 Å². The van der Waals surface area contributed by atoms with E-state index in [1.807, 2.05) is 19.1 Å². The summed E-state index contributed by atoms with van der Waals surface area (Å²) in [6, 6.07) is 6.59. The molecule has 2 heterocycles. The Morgan fingerprint density at radius 1 is 1.29 bits per heavy atom. The van der Waals surface area contributed by atoms with E-state index >= 15 is 0 Å². The number of carbonyl (C=O) groups is 3. The average Bonchev–Trinajstić information content (AvgIpc) is 2.87. The van der Waals surface area contributed by atoms with Crippen molar-refractivity contribution in [3.63, 3.8) is 0 Å². The van der Waals surface area contributed by atoms with Gasteiger partial charge in [0.05, 0.1) is 23.6 Å². The smallest absolute Gasteiger partial charge is 0.248 e. The second kappa shape index (κ2) is 11.3. The maximum absolute atomic E-state index is 13.3. The maximum atomic E-state index is 13.3. The zero-order valence-electron chi connectivity index (χ0n) is 19.8. The molecular formula is C23H32N6O5. The van der Waals surface area contributed by atoms with Crippen LogP contribution in [0.5, 0.6) is 0 Å². The van der Waals surface area contributed by atoms with Crippen LogP contribution < -0.4 is 15.7 Å². The molecule has 0 aliphatic carbocycles. The number of piperidine rings is 1. The standard InChI is InChI=1S/C23H32N6O5/c1-15-10-16(12-24)4-5-19(15)28-6-8-29(9-7-28)23(32)21-18(22(31)26-33)11-17(13-25-21)27(2)20(30)14-34-3/h4-5,10,17-18,21,25,33H,6-9,11,13-14H2,1-3H3,(H,26,31)/t17?,18-,21-/m0/s1. The Morgan fingerprint density at radius 2 is 2.00 bits per heavy atom. The summed E-state index contributed by atoms with van der Waals surface area (Å²) >= 11 is 0. The van der Waals surface area contributed by atoms with Crippen molar-refractivity contribution in [2.45, 2.75) is 25.4 Å². The molecule has 0 saturated carbocycles. The predicted molar refractivity (Wildman–Crippen MR) is 123 cm³/mol. The molecule has 3 N–H and O–H groups in total. The number of hydroxylamine groups is 1. The number of amides is 3. The largest absolute Gasteiger partial charge is 0.375 e. The molecule has 0 radical (unpaired) electrons. The van der Waals surface area contributed by atoms with E-state index in [4.69, 9.17) is 10.00 Å². The fraction of sp³-hybridized carbons (Fsp3) is 0.565. The normalized spacial score (nSPS) is 22.6. The number of rotatable bonds is 6. The number of ether oxygens (including phenoxy) is 1. The topological polar surface area (TPSA) is 138 Å². The Balaban J connectivity index is 1.65. The van der Waals surface area contributed by atoms with Gasteiger partial charge in [0.25, 0.3) is 0 Å². The quantitative estimate of drug-likeness (QED) is 0.371. The highest BCUT2D eigenvalue weighted by molar-refractivity contribution is 5.90. The van der Waals surface area contributed by atoms with Gasteiger partial charge in [-0.1, -0.05) is 0 Å². The Bertz CT molecular complexity index is 956. The van der Waals surface area contributed by atoms with Crippen LogP contribution in [0.2, 0.25) is 0 Å². The highest BCUT2D eigenvalue weighted by atomic mass is 16.5. The van der Waals surface area contributed by atoms with Gasteiger partial charge in [0.2, 0.25) is 17.7 Å². The second-order valence-corrected chi connectivity index (χ2v) is 8.72. The van der Waals surface area contributed by atoms with Gasteiger partial charge in [0.15, 0.2) is 0 Å². The monoisotopic (exact) mass is 472 g/mol. The summed E-state index contributed by atoms with van der Waals surface area (Å²) in [4.78, 5) is 43.4. The first-order chi connectivity index (χ1) is 16.3. The zero-order valence-corrected chi connectivity index (χ0v) is 19.8. The number of aryl methyl sites for hydroxylation is 1. The molecule has 3 amide bonds. The minimum atomic E-state index is -0.826. The molecule has 0 spiro atoms. The summed E-state index contributed by atoms with van der Waals surface area (Å²) in [7, 11) is 3.07. The summed E-state index contributed by atoms with van der Waals surface area (Å²) in [5.41, 5.74) is 4.32. The number of benzene rings is 1. The van der Waals surface area contributed by atoms with Gasteiger partial charge >= 0.3 is 0 Å². The molecule has 184 valence electrons. The van der Waals surface area contributed by atoms with Crippen LogP contribution in [0.25, 0.3) is 0 Å². The first kappa shape index (κ1) is 25.4. The maximum Gasteiger partial charge on any atom is 0.248 e. The summed E-state index contributed by atoms with van der Waals surface area (Å²) in [5.74, 6) is -1.91. The van der Waals surface area contributed by atoms with Crippen LogP contribution in [0, 0.1) is 24.2 Å². The van der Waals surface area contributed by atoms with Crippen LogP contribution >= 0.6 is 0 Å². The van der Waals surface area contributed by atoms with Crippen molar-refractivity contribution in [1.29, 1.82) is 5.26 Å². The van der Waals surface area contributed by atoms with Gasteiger partial charge in [-0.25, -0.2) is 5.48 Å². The van der Waals surface area contributed by atoms with Gasteiger partial charge in [-0.2, -0.15) is 5.26 Å². The van der Waals surface area contributed by atoms with Crippen molar-refractivity contribution in [2.75, 3.05) is 58.4 Å². The number of nitriles is 1. The van der Waals surface area contributed by atoms with Crippen molar-refractivity contribution < 1.29 is 24.3 Å². The molecule has 11 heteroatoms. The number of nitrogens with one attached hydrogen (secondary N) is 2. The molecule has 0 aromatic heterocycles. The lowest BCUT2D eigenvalue weighted by Crippen LogP contribution is -2.63. The SMILES string of the molecule is COCC(=O)N(C)C1CN[C@H](C(=O)N2CCN(c3ccc(C#N)cc3C)CC2)[C@@H](C(=O)NO)C1. The third kappa shape index (κ3) is 5.47. The molecule has 0 bridgehead atoms. The van der Waals surface area contributed by atoms with Crippen LogP contribution in [0.1, 0.15) is 17.5 Å². The molecule has 1 aromatic carbocycles. The number of piperazine rings is 1. The van der Waals surface area contributed by atoms with E-state index in [-0.39, 0.29) is 30.9 Å². The average molecular weight is 473 g/mol. The molecule has 2 fully saturated rings. The van der Waals surface area contributed by atoms with Crippen LogP contribution in [0.3, 0.4) is 0 Å². The number of methoxy groups -OCH3 is 1. The van der Waals surface area contributed by atoms with Crippen LogP contribution in [-0.2, 0) is 19.1 Å². The predicted octanol–water partition coefficient (Wildman–Crippen LogP) is -0.528. The summed E-state index contributed by atoms with van der Waals surface area (Å²) in [6.45, 7) is 4.46. The fourth-order valence-electron chi connectivity index (χ4n) is 4.69. The van der Waals surface area contributed by atoms with Gasteiger partial charge in [-0.05, 0) is 37.1 Å². The Kier molecular flexibility index (Phi) is 8.44. The van der Waals surface area contributed by atoms with E-state index in [0.29, 0.717) is 38.3 Å². The van der Waals surface area contributed by atoms with Gasteiger partial charge in [0, 0.05) is 58.6 Å². The lowest BCUT2D eigenvalue weighted by atomic mass is 9.86. The van der Waals surface area contributed by atoms with Crippen LogP contribution in [0.4, 0.5) is 5.69 Å². The van der Waals surface area contributed by atoms with Crippen molar-refractivity contribution in [2.24, 2.45) is 5.92 Å². The number of anilines is 1. The van der Waals surface area contributed by atoms with Gasteiger partial charge in [-0.3, -0.25) is 19.6 Å². The first-order valence-corrected chi connectivity index (χ1v) is 11.3. The minimum absolute atomic E-state index is 0.0742. The van der Waals surface area contributed by atoms with Crippen LogP contribution in [0.15, 0.2) is 18.2 Å². The number of nitrogens with zero attached hydrogens (tertiary/aromatic N) is 4. The Hall–Kier alpha value is -3.20. The lowest BCUT2D eigenvalue weighted by Gasteiger charge is -2.42. The first-order valence-electron chi connectivity index (χ1n) is 11.3. The third-order valence-electron chi connectivity index (χ3n) is 6.68. The molecule has 3 rings (SSSR count). The minimum Gasteiger partial charge on any atom is -0.375 e. The number of hydrogen-bond acceptors (Lipinski definition) is 8. The van der Waals surface area contributed by atoms with E-state index < -0.39 is 17.9 Å². The van der Waals surface area contributed by atoms with Crippen molar-refractivity contribution >= 4 is 23.4 Å². The number of hydrogen-bond donors (Lipinski definition) is 3. The molecule has 11 nitrogen and oxygen atoms in total. The fourth-order valence-corrected chi connectivity index (χ4v) is 4.69. The molecule has 3 atom stereocenters. The van der Waals surface area contributed by atoms with Crippen LogP contribution in [-0.4, -0.2) is 98.3 Å².